The molecule has 1 atom stereocenters. The summed E-state index contributed by atoms with van der Waals surface area (Å²) in [7, 11) is 3.29. The van der Waals surface area contributed by atoms with E-state index in [1.807, 2.05) is 4.90 Å². The fraction of sp³-hybridized carbons (Fsp3) is 0.667. The smallest absolute Gasteiger partial charge is 0.225 e. The number of anilines is 1. The van der Waals surface area contributed by atoms with E-state index < -0.39 is 5.60 Å². The number of hydrogen-bond donors (Lipinski definition) is 1. The average molecular weight is 308 g/mol. The van der Waals surface area contributed by atoms with Gasteiger partial charge in [0.2, 0.25) is 11.9 Å². The molecule has 0 bridgehead atoms. The van der Waals surface area contributed by atoms with Crippen molar-refractivity contribution >= 4 is 11.9 Å². The van der Waals surface area contributed by atoms with Gasteiger partial charge in [0.1, 0.15) is 0 Å². The first-order valence-corrected chi connectivity index (χ1v) is 7.51. The highest BCUT2D eigenvalue weighted by molar-refractivity contribution is 5.76. The number of hydrogen-bond acceptors (Lipinski definition) is 6. The van der Waals surface area contributed by atoms with Gasteiger partial charge in [-0.2, -0.15) is 0 Å². The van der Waals surface area contributed by atoms with Gasteiger partial charge in [0.15, 0.2) is 0 Å². The van der Waals surface area contributed by atoms with Crippen LogP contribution in [0.4, 0.5) is 5.95 Å². The molecule has 1 aromatic heterocycles. The summed E-state index contributed by atoms with van der Waals surface area (Å²) in [5.74, 6) is 0.595. The lowest BCUT2D eigenvalue weighted by Crippen LogP contribution is -2.55. The number of rotatable bonds is 6. The predicted octanol–water partition coefficient (Wildman–Crippen LogP) is 0.303. The van der Waals surface area contributed by atoms with Gasteiger partial charge in [-0.15, -0.1) is 0 Å². The molecule has 0 radical (unpaired) electrons. The minimum Gasteiger partial charge on any atom is -0.386 e. The summed E-state index contributed by atoms with van der Waals surface area (Å²) in [5.41, 5.74) is -0.936. The number of carbonyl (C=O) groups excluding carboxylic acids is 1. The number of carbonyl (C=O) groups is 1. The lowest BCUT2D eigenvalue weighted by molar-refractivity contribution is -0.134. The molecule has 2 heterocycles. The number of aromatic nitrogens is 2. The van der Waals surface area contributed by atoms with Crippen molar-refractivity contribution in [3.63, 3.8) is 0 Å². The summed E-state index contributed by atoms with van der Waals surface area (Å²) in [6, 6.07) is 1.77. The van der Waals surface area contributed by atoms with Gasteiger partial charge in [-0.05, 0) is 18.9 Å². The van der Waals surface area contributed by atoms with Crippen LogP contribution in [0.15, 0.2) is 18.5 Å². The molecule has 0 spiro atoms. The molecular formula is C15H24N4O3. The Morgan fingerprint density at radius 2 is 2.23 bits per heavy atom. The highest BCUT2D eigenvalue weighted by Gasteiger charge is 2.36. The second-order valence-corrected chi connectivity index (χ2v) is 5.79. The van der Waals surface area contributed by atoms with Crippen LogP contribution in [0.3, 0.4) is 0 Å². The van der Waals surface area contributed by atoms with Gasteiger partial charge in [0.25, 0.3) is 0 Å². The molecule has 1 saturated heterocycles. The Balaban J connectivity index is 1.96. The van der Waals surface area contributed by atoms with Crippen molar-refractivity contribution in [1.29, 1.82) is 0 Å². The lowest BCUT2D eigenvalue weighted by atomic mass is 9.92. The Morgan fingerprint density at radius 1 is 1.50 bits per heavy atom. The molecule has 7 nitrogen and oxygen atoms in total. The zero-order valence-electron chi connectivity index (χ0n) is 13.2. The van der Waals surface area contributed by atoms with E-state index >= 15 is 0 Å². The minimum absolute atomic E-state index is 0.0247. The highest BCUT2D eigenvalue weighted by atomic mass is 16.5. The van der Waals surface area contributed by atoms with Crippen molar-refractivity contribution < 1.29 is 14.6 Å². The number of likely N-dealkylation sites (N-methyl/N-ethyl adjacent to an activating group) is 1. The van der Waals surface area contributed by atoms with E-state index in [1.54, 1.807) is 37.5 Å². The largest absolute Gasteiger partial charge is 0.386 e. The molecule has 1 aromatic rings. The molecule has 2 rings (SSSR count). The van der Waals surface area contributed by atoms with Crippen LogP contribution in [0.1, 0.15) is 19.3 Å². The van der Waals surface area contributed by atoms with Crippen molar-refractivity contribution in [2.45, 2.75) is 24.9 Å². The van der Waals surface area contributed by atoms with Gasteiger partial charge in [-0.25, -0.2) is 9.97 Å². The van der Waals surface area contributed by atoms with E-state index in [2.05, 4.69) is 9.97 Å². The van der Waals surface area contributed by atoms with Gasteiger partial charge in [0, 0.05) is 33.1 Å². The topological polar surface area (TPSA) is 78.8 Å². The molecule has 1 aliphatic heterocycles. The second-order valence-electron chi connectivity index (χ2n) is 5.79. The number of ether oxygens (including phenoxy) is 1. The molecule has 1 fully saturated rings. The summed E-state index contributed by atoms with van der Waals surface area (Å²) in [5, 5.41) is 10.8. The molecule has 7 heteroatoms. The van der Waals surface area contributed by atoms with Gasteiger partial charge in [0.05, 0.1) is 31.7 Å². The molecule has 0 saturated carbocycles. The molecule has 1 N–H and O–H groups in total. The molecule has 1 amide bonds. The molecule has 0 aromatic carbocycles. The van der Waals surface area contributed by atoms with Crippen molar-refractivity contribution in [2.75, 3.05) is 45.3 Å². The first kappa shape index (κ1) is 16.6. The van der Waals surface area contributed by atoms with E-state index in [1.165, 1.54) is 0 Å². The quantitative estimate of drug-likeness (QED) is 0.814. The maximum absolute atomic E-state index is 12.0. The third-order valence-corrected chi connectivity index (χ3v) is 3.87. The van der Waals surface area contributed by atoms with Gasteiger partial charge in [-0.1, -0.05) is 0 Å². The monoisotopic (exact) mass is 308 g/mol. The Morgan fingerprint density at radius 3 is 2.91 bits per heavy atom. The summed E-state index contributed by atoms with van der Waals surface area (Å²) < 4.78 is 4.92. The second kappa shape index (κ2) is 7.51. The molecule has 0 aliphatic carbocycles. The van der Waals surface area contributed by atoms with E-state index in [0.717, 1.165) is 13.0 Å². The van der Waals surface area contributed by atoms with Crippen molar-refractivity contribution in [3.8, 4) is 0 Å². The normalized spacial score (nSPS) is 21.7. The summed E-state index contributed by atoms with van der Waals surface area (Å²) in [6.07, 6.45) is 5.22. The zero-order valence-corrected chi connectivity index (χ0v) is 13.2. The maximum Gasteiger partial charge on any atom is 0.225 e. The van der Waals surface area contributed by atoms with Crippen molar-refractivity contribution in [1.82, 2.24) is 14.9 Å². The molecule has 0 unspecified atom stereocenters. The third-order valence-electron chi connectivity index (χ3n) is 3.87. The van der Waals surface area contributed by atoms with Crippen LogP contribution in [0, 0.1) is 0 Å². The van der Waals surface area contributed by atoms with E-state index in [4.69, 9.17) is 4.74 Å². The zero-order chi connectivity index (χ0) is 16.0. The van der Waals surface area contributed by atoms with Crippen molar-refractivity contribution in [3.05, 3.63) is 18.5 Å². The van der Waals surface area contributed by atoms with Crippen LogP contribution in [0.25, 0.3) is 0 Å². The van der Waals surface area contributed by atoms with E-state index in [9.17, 15) is 9.90 Å². The standard InChI is InChI=1S/C15H24N4O3/c1-18(13(20)5-10-22-2)11-15(21)6-3-9-19(12-15)14-16-7-4-8-17-14/h4,7-8,21H,3,5-6,9-12H2,1-2H3/t15-/m0/s1. The van der Waals surface area contributed by atoms with Crippen molar-refractivity contribution in [2.24, 2.45) is 0 Å². The van der Waals surface area contributed by atoms with E-state index in [0.29, 0.717) is 38.5 Å². The third kappa shape index (κ3) is 4.38. The fourth-order valence-corrected chi connectivity index (χ4v) is 2.78. The number of aliphatic hydroxyl groups is 1. The summed E-state index contributed by atoms with van der Waals surface area (Å²) in [6.45, 7) is 1.94. The maximum atomic E-state index is 12.0. The molecule has 22 heavy (non-hydrogen) atoms. The van der Waals surface area contributed by atoms with Crippen LogP contribution < -0.4 is 4.90 Å². The predicted molar refractivity (Wildman–Crippen MR) is 82.6 cm³/mol. The summed E-state index contributed by atoms with van der Waals surface area (Å²) in [4.78, 5) is 24.0. The fourth-order valence-electron chi connectivity index (χ4n) is 2.78. The highest BCUT2D eigenvalue weighted by Crippen LogP contribution is 2.24. The SMILES string of the molecule is COCCC(=O)N(C)C[C@@]1(O)CCCN(c2ncccn2)C1. The number of amides is 1. The van der Waals surface area contributed by atoms with Crippen LogP contribution in [0.2, 0.25) is 0 Å². The van der Waals surface area contributed by atoms with Crippen LogP contribution in [0.5, 0.6) is 0 Å². The van der Waals surface area contributed by atoms with Crippen LogP contribution in [-0.4, -0.2) is 71.9 Å². The molecule has 1 aliphatic rings. The number of methoxy groups -OCH3 is 1. The Bertz CT molecular complexity index is 485. The first-order valence-electron chi connectivity index (χ1n) is 7.51. The lowest BCUT2D eigenvalue weighted by Gasteiger charge is -2.41. The molecule has 122 valence electrons. The Hall–Kier alpha value is -1.73. The summed E-state index contributed by atoms with van der Waals surface area (Å²) >= 11 is 0. The molecular weight excluding hydrogens is 284 g/mol. The average Bonchev–Trinajstić information content (AvgIpc) is 2.53. The van der Waals surface area contributed by atoms with Gasteiger partial charge in [-0.3, -0.25) is 4.79 Å². The Kier molecular flexibility index (Phi) is 5.68. The number of piperidine rings is 1. The number of β-amino-alcohol motifs (C(OH)–C–C–N with tert-alkyl or cyclic N) is 1. The minimum atomic E-state index is -0.936. The van der Waals surface area contributed by atoms with Gasteiger partial charge < -0.3 is 19.6 Å². The number of nitrogens with zero attached hydrogens (tertiary/aromatic N) is 4. The first-order chi connectivity index (χ1) is 10.5. The van der Waals surface area contributed by atoms with Crippen LogP contribution >= 0.6 is 0 Å². The van der Waals surface area contributed by atoms with Gasteiger partial charge >= 0.3 is 0 Å². The Labute approximate surface area is 130 Å². The van der Waals surface area contributed by atoms with E-state index in [-0.39, 0.29) is 5.91 Å². The van der Waals surface area contributed by atoms with Crippen LogP contribution in [-0.2, 0) is 9.53 Å².